The molecule has 3 heterocycles. The summed E-state index contributed by atoms with van der Waals surface area (Å²) in [7, 11) is 4.01. The van der Waals surface area contributed by atoms with Crippen molar-refractivity contribution in [1.29, 1.82) is 0 Å². The van der Waals surface area contributed by atoms with Crippen molar-refractivity contribution in [3.05, 3.63) is 51.9 Å². The highest BCUT2D eigenvalue weighted by Gasteiger charge is 2.16. The maximum atomic E-state index is 12.1. The summed E-state index contributed by atoms with van der Waals surface area (Å²) >= 11 is 3.25. The van der Waals surface area contributed by atoms with Crippen LogP contribution in [0.15, 0.2) is 45.7 Å². The molecular weight excluding hydrogens is 356 g/mol. The summed E-state index contributed by atoms with van der Waals surface area (Å²) in [5.74, 6) is 0.581. The first-order chi connectivity index (χ1) is 12.1. The molecule has 0 saturated carbocycles. The fraction of sp³-hybridized carbons (Fsp3) is 0.294. The summed E-state index contributed by atoms with van der Waals surface area (Å²) in [6.45, 7) is 0.866. The fourth-order valence-corrected chi connectivity index (χ4v) is 3.92. The minimum Gasteiger partial charge on any atom is -0.443 e. The number of urea groups is 1. The zero-order valence-electron chi connectivity index (χ0n) is 14.1. The summed E-state index contributed by atoms with van der Waals surface area (Å²) < 4.78 is 5.44. The predicted molar refractivity (Wildman–Crippen MR) is 101 cm³/mol. The van der Waals surface area contributed by atoms with Gasteiger partial charge in [-0.05, 0) is 37.0 Å². The molecule has 0 bridgehead atoms. The molecule has 25 heavy (non-hydrogen) atoms. The van der Waals surface area contributed by atoms with Crippen LogP contribution in [0.25, 0.3) is 10.8 Å². The molecule has 3 rings (SSSR count). The summed E-state index contributed by atoms with van der Waals surface area (Å²) in [6, 6.07) is 7.94. The predicted octanol–water partition coefficient (Wildman–Crippen LogP) is 3.57. The third-order valence-corrected chi connectivity index (χ3v) is 5.50. The Morgan fingerprint density at radius 3 is 2.72 bits per heavy atom. The summed E-state index contributed by atoms with van der Waals surface area (Å²) in [6.07, 6.45) is 1.57. The van der Waals surface area contributed by atoms with E-state index in [0.717, 1.165) is 4.88 Å². The average molecular weight is 377 g/mol. The van der Waals surface area contributed by atoms with Crippen LogP contribution in [-0.2, 0) is 6.54 Å². The van der Waals surface area contributed by atoms with E-state index in [-0.39, 0.29) is 12.1 Å². The second kappa shape index (κ2) is 8.28. The molecule has 2 amide bonds. The summed E-state index contributed by atoms with van der Waals surface area (Å²) in [5.41, 5.74) is 0.695. The lowest BCUT2D eigenvalue weighted by Crippen LogP contribution is -2.40. The third-order valence-electron chi connectivity index (χ3n) is 3.66. The van der Waals surface area contributed by atoms with Crippen molar-refractivity contribution in [2.24, 2.45) is 0 Å². The molecule has 0 aliphatic rings. The van der Waals surface area contributed by atoms with Crippen molar-refractivity contribution < 1.29 is 9.21 Å². The number of hydrogen-bond acceptors (Lipinski definition) is 6. The van der Waals surface area contributed by atoms with Gasteiger partial charge in [-0.25, -0.2) is 9.78 Å². The molecule has 0 aliphatic heterocycles. The lowest BCUT2D eigenvalue weighted by Gasteiger charge is -2.23. The molecule has 0 unspecified atom stereocenters. The van der Waals surface area contributed by atoms with E-state index >= 15 is 0 Å². The highest BCUT2D eigenvalue weighted by atomic mass is 32.1. The molecule has 3 aromatic heterocycles. The van der Waals surface area contributed by atoms with E-state index in [1.807, 2.05) is 43.1 Å². The normalized spacial score (nSPS) is 12.3. The first-order valence-electron chi connectivity index (χ1n) is 7.83. The maximum Gasteiger partial charge on any atom is 0.315 e. The molecule has 0 spiro atoms. The zero-order chi connectivity index (χ0) is 17.6. The largest absolute Gasteiger partial charge is 0.443 e. The Hall–Kier alpha value is -2.16. The van der Waals surface area contributed by atoms with Gasteiger partial charge in [-0.2, -0.15) is 0 Å². The van der Waals surface area contributed by atoms with E-state index in [2.05, 4.69) is 26.6 Å². The number of likely N-dealkylation sites (N-methyl/N-ethyl adjacent to an activating group) is 1. The molecule has 0 fully saturated rings. The van der Waals surface area contributed by atoms with Gasteiger partial charge >= 0.3 is 6.03 Å². The minimum absolute atomic E-state index is 0.156. The van der Waals surface area contributed by atoms with Gasteiger partial charge in [0.15, 0.2) is 0 Å². The quantitative estimate of drug-likeness (QED) is 0.661. The molecule has 0 saturated heterocycles. The molecule has 0 aromatic carbocycles. The van der Waals surface area contributed by atoms with Crippen LogP contribution in [0.2, 0.25) is 0 Å². The highest BCUT2D eigenvalue weighted by molar-refractivity contribution is 7.13. The number of amides is 2. The molecule has 8 heteroatoms. The number of aromatic nitrogens is 1. The van der Waals surface area contributed by atoms with Gasteiger partial charge in [0.2, 0.25) is 5.89 Å². The second-order valence-electron chi connectivity index (χ2n) is 5.68. The van der Waals surface area contributed by atoms with E-state index in [1.165, 1.54) is 4.88 Å². The number of nitrogens with zero attached hydrogens (tertiary/aromatic N) is 2. The third kappa shape index (κ3) is 4.68. The van der Waals surface area contributed by atoms with Gasteiger partial charge in [-0.1, -0.05) is 12.1 Å². The Bertz CT molecular complexity index is 782. The fourth-order valence-electron chi connectivity index (χ4n) is 2.34. The van der Waals surface area contributed by atoms with Crippen molar-refractivity contribution in [2.45, 2.75) is 12.6 Å². The lowest BCUT2D eigenvalue weighted by atomic mass is 10.2. The molecule has 2 N–H and O–H groups in total. The Kier molecular flexibility index (Phi) is 5.85. The van der Waals surface area contributed by atoms with Gasteiger partial charge in [0.05, 0.1) is 23.2 Å². The standard InChI is InChI=1S/C17H20N4O2S2/c1-21(2)13(14-5-3-7-24-14)10-19-17(22)18-9-12-11-23-16(20-12)15-6-4-8-25-15/h3-8,11,13H,9-10H2,1-2H3,(H2,18,19,22)/t13-/m1/s1. The highest BCUT2D eigenvalue weighted by Crippen LogP contribution is 2.24. The number of thiophene rings is 2. The number of carbonyl (C=O) groups is 1. The first kappa shape index (κ1) is 17.7. The van der Waals surface area contributed by atoms with Crippen molar-refractivity contribution >= 4 is 28.7 Å². The maximum absolute atomic E-state index is 12.1. The van der Waals surface area contributed by atoms with Crippen LogP contribution < -0.4 is 10.6 Å². The molecule has 0 radical (unpaired) electrons. The van der Waals surface area contributed by atoms with Gasteiger partial charge in [-0.15, -0.1) is 22.7 Å². The SMILES string of the molecule is CN(C)[C@H](CNC(=O)NCc1coc(-c2cccs2)n1)c1cccs1. The van der Waals surface area contributed by atoms with Crippen LogP contribution in [0.1, 0.15) is 16.6 Å². The van der Waals surface area contributed by atoms with Crippen molar-refractivity contribution in [1.82, 2.24) is 20.5 Å². The number of carbonyl (C=O) groups excluding carboxylic acids is 1. The Morgan fingerprint density at radius 2 is 2.04 bits per heavy atom. The Morgan fingerprint density at radius 1 is 1.24 bits per heavy atom. The Balaban J connectivity index is 1.48. The lowest BCUT2D eigenvalue weighted by molar-refractivity contribution is 0.233. The second-order valence-corrected chi connectivity index (χ2v) is 7.61. The molecule has 3 aromatic rings. The van der Waals surface area contributed by atoms with Gasteiger partial charge in [0.1, 0.15) is 6.26 Å². The zero-order valence-corrected chi connectivity index (χ0v) is 15.7. The van der Waals surface area contributed by atoms with E-state index < -0.39 is 0 Å². The topological polar surface area (TPSA) is 70.4 Å². The van der Waals surface area contributed by atoms with Gasteiger partial charge in [-0.3, -0.25) is 0 Å². The Labute approximate surface area is 154 Å². The van der Waals surface area contributed by atoms with Crippen molar-refractivity contribution in [3.8, 4) is 10.8 Å². The minimum atomic E-state index is -0.218. The molecule has 132 valence electrons. The van der Waals surface area contributed by atoms with Crippen molar-refractivity contribution in [2.75, 3.05) is 20.6 Å². The number of oxazole rings is 1. The van der Waals surface area contributed by atoms with E-state index in [9.17, 15) is 4.79 Å². The molecule has 6 nitrogen and oxygen atoms in total. The van der Waals surface area contributed by atoms with Crippen molar-refractivity contribution in [3.63, 3.8) is 0 Å². The van der Waals surface area contributed by atoms with E-state index in [0.29, 0.717) is 24.7 Å². The summed E-state index contributed by atoms with van der Waals surface area (Å²) in [5, 5.41) is 9.74. The van der Waals surface area contributed by atoms with E-state index in [4.69, 9.17) is 4.42 Å². The van der Waals surface area contributed by atoms with Crippen LogP contribution in [0.3, 0.4) is 0 Å². The van der Waals surface area contributed by atoms with E-state index in [1.54, 1.807) is 28.9 Å². The number of hydrogen-bond donors (Lipinski definition) is 2. The number of rotatable bonds is 7. The van der Waals surface area contributed by atoms with Crippen LogP contribution in [0, 0.1) is 0 Å². The molecule has 0 aliphatic carbocycles. The van der Waals surface area contributed by atoms with Crippen LogP contribution in [0.5, 0.6) is 0 Å². The average Bonchev–Trinajstić information content (AvgIpc) is 3.33. The van der Waals surface area contributed by atoms with Crippen LogP contribution in [0.4, 0.5) is 4.79 Å². The van der Waals surface area contributed by atoms with Gasteiger partial charge < -0.3 is 20.0 Å². The van der Waals surface area contributed by atoms with Crippen LogP contribution in [-0.4, -0.2) is 36.6 Å². The smallest absolute Gasteiger partial charge is 0.315 e. The van der Waals surface area contributed by atoms with Gasteiger partial charge in [0, 0.05) is 11.4 Å². The summed E-state index contributed by atoms with van der Waals surface area (Å²) in [4.78, 5) is 20.7. The van der Waals surface area contributed by atoms with Crippen LogP contribution >= 0.6 is 22.7 Å². The van der Waals surface area contributed by atoms with Gasteiger partial charge in [0.25, 0.3) is 0 Å². The molecule has 1 atom stereocenters. The number of nitrogens with one attached hydrogen (secondary N) is 2. The monoisotopic (exact) mass is 376 g/mol. The first-order valence-corrected chi connectivity index (χ1v) is 9.59. The molecular formula is C17H20N4O2S2.